The highest BCUT2D eigenvalue weighted by Crippen LogP contribution is 2.53. The highest BCUT2D eigenvalue weighted by Gasteiger charge is 2.24. The van der Waals surface area contributed by atoms with Crippen LogP contribution in [0, 0.1) is 0 Å². The van der Waals surface area contributed by atoms with E-state index >= 15 is 0 Å². The Balaban J connectivity index is 2.03. The second kappa shape index (κ2) is 2.54. The Kier molecular flexibility index (Phi) is 1.72. The van der Waals surface area contributed by atoms with Crippen LogP contribution in [0.25, 0.3) is 0 Å². The van der Waals surface area contributed by atoms with Crippen LogP contribution in [0.2, 0.25) is 0 Å². The van der Waals surface area contributed by atoms with Crippen LogP contribution in [0.3, 0.4) is 0 Å². The number of ether oxygens (including phenoxy) is 1. The van der Waals surface area contributed by atoms with Crippen LogP contribution in [0.15, 0.2) is 11.5 Å². The Morgan fingerprint density at radius 2 is 2.56 bits per heavy atom. The van der Waals surface area contributed by atoms with Crippen molar-refractivity contribution < 1.29 is 8.92 Å². The molecule has 0 radical (unpaired) electrons. The first kappa shape index (κ1) is 6.09. The van der Waals surface area contributed by atoms with Crippen molar-refractivity contribution in [1.29, 1.82) is 0 Å². The maximum atomic E-state index is 5.44. The summed E-state index contributed by atoms with van der Waals surface area (Å²) < 4.78 is 10.8. The van der Waals surface area contributed by atoms with Crippen molar-refractivity contribution in [3.05, 3.63) is 11.5 Å². The lowest BCUT2D eigenvalue weighted by molar-refractivity contribution is 0.0811. The summed E-state index contributed by atoms with van der Waals surface area (Å²) in [5, 5.41) is 2.07. The fourth-order valence-electron chi connectivity index (χ4n) is 0.809. The lowest BCUT2D eigenvalue weighted by atomic mass is 10.6. The van der Waals surface area contributed by atoms with E-state index in [2.05, 4.69) is 11.5 Å². The lowest BCUT2D eigenvalue weighted by Crippen LogP contribution is -2.18. The van der Waals surface area contributed by atoms with E-state index in [1.165, 1.54) is 0 Å². The molecule has 1 fully saturated rings. The third kappa shape index (κ3) is 1.12. The Bertz CT molecular complexity index is 137. The molecule has 1 saturated heterocycles. The zero-order valence-corrected chi connectivity index (χ0v) is 6.53. The normalized spacial score (nSPS) is 44.9. The van der Waals surface area contributed by atoms with Crippen LogP contribution in [0.4, 0.5) is 0 Å². The third-order valence-electron chi connectivity index (χ3n) is 1.21. The van der Waals surface area contributed by atoms with Gasteiger partial charge >= 0.3 is 0 Å². The Labute approximate surface area is 60.5 Å². The molecule has 2 nitrogen and oxygen atoms in total. The second-order valence-electron chi connectivity index (χ2n) is 1.81. The Morgan fingerprint density at radius 1 is 1.56 bits per heavy atom. The third-order valence-corrected chi connectivity index (χ3v) is 4.79. The standard InChI is InChI=1S/C5H8O2S2/c1-4-8-9-5(1)6-2-3-7-9/h1,4-5,9H,2-3H2. The molecule has 0 aromatic rings. The van der Waals surface area contributed by atoms with E-state index in [-0.39, 0.29) is 10.2 Å². The first-order valence-corrected chi connectivity index (χ1v) is 5.65. The average Bonchev–Trinajstić information content (AvgIpc) is 2.33. The highest BCUT2D eigenvalue weighted by molar-refractivity contribution is 8.85. The minimum absolute atomic E-state index is 0.291. The van der Waals surface area contributed by atoms with Crippen LogP contribution < -0.4 is 0 Å². The Hall–Kier alpha value is 0.360. The van der Waals surface area contributed by atoms with Gasteiger partial charge in [-0.05, 0) is 11.5 Å². The van der Waals surface area contributed by atoms with Crippen molar-refractivity contribution in [2.75, 3.05) is 13.2 Å². The maximum Gasteiger partial charge on any atom is 0.134 e. The molecule has 0 saturated carbocycles. The SMILES string of the molecule is C1=CC2OCCO[SH]2S1. The monoisotopic (exact) mass is 164 g/mol. The predicted octanol–water partition coefficient (Wildman–Crippen LogP) is 1.45. The van der Waals surface area contributed by atoms with E-state index in [0.717, 1.165) is 13.2 Å². The van der Waals surface area contributed by atoms with Crippen molar-refractivity contribution in [2.24, 2.45) is 0 Å². The van der Waals surface area contributed by atoms with E-state index in [0.29, 0.717) is 5.44 Å². The van der Waals surface area contributed by atoms with Crippen molar-refractivity contribution >= 4 is 21.0 Å². The molecule has 2 aliphatic heterocycles. The van der Waals surface area contributed by atoms with Gasteiger partial charge in [-0.25, -0.2) is 0 Å². The van der Waals surface area contributed by atoms with Crippen molar-refractivity contribution in [2.45, 2.75) is 5.44 Å². The summed E-state index contributed by atoms with van der Waals surface area (Å²) in [5.41, 5.74) is 0.291. The van der Waals surface area contributed by atoms with Crippen LogP contribution in [-0.4, -0.2) is 18.6 Å². The smallest absolute Gasteiger partial charge is 0.134 e. The van der Waals surface area contributed by atoms with Gasteiger partial charge in [0.15, 0.2) is 0 Å². The van der Waals surface area contributed by atoms with Crippen LogP contribution in [0.1, 0.15) is 0 Å². The first-order valence-electron chi connectivity index (χ1n) is 2.84. The van der Waals surface area contributed by atoms with Crippen LogP contribution in [-0.2, 0) is 8.92 Å². The van der Waals surface area contributed by atoms with Gasteiger partial charge in [0, 0.05) is 0 Å². The molecule has 0 aliphatic carbocycles. The first-order chi connectivity index (χ1) is 4.47. The number of hydrogen-bond acceptors (Lipinski definition) is 3. The van der Waals surface area contributed by atoms with Crippen LogP contribution >= 0.6 is 21.0 Å². The molecule has 0 aromatic carbocycles. The molecule has 0 spiro atoms. The molecule has 52 valence electrons. The molecule has 4 heteroatoms. The van der Waals surface area contributed by atoms with E-state index in [1.54, 1.807) is 10.8 Å². The zero-order valence-electron chi connectivity index (χ0n) is 4.82. The molecular weight excluding hydrogens is 156 g/mol. The average molecular weight is 164 g/mol. The quantitative estimate of drug-likeness (QED) is 0.432. The van der Waals surface area contributed by atoms with Gasteiger partial charge in [0.2, 0.25) is 0 Å². The molecule has 2 atom stereocenters. The second-order valence-corrected chi connectivity index (χ2v) is 5.35. The van der Waals surface area contributed by atoms with Crippen molar-refractivity contribution in [3.63, 3.8) is 0 Å². The van der Waals surface area contributed by atoms with E-state index < -0.39 is 0 Å². The molecule has 0 aromatic heterocycles. The molecular formula is C5H8O2S2. The largest absolute Gasteiger partial charge is 0.360 e. The summed E-state index contributed by atoms with van der Waals surface area (Å²) in [6.07, 6.45) is 2.08. The van der Waals surface area contributed by atoms with Gasteiger partial charge in [-0.15, -0.1) is 0 Å². The highest BCUT2D eigenvalue weighted by atomic mass is 33.1. The summed E-state index contributed by atoms with van der Waals surface area (Å²) >= 11 is 0. The fraction of sp³-hybridized carbons (Fsp3) is 0.600. The summed E-state index contributed by atoms with van der Waals surface area (Å²) in [6.45, 7) is 1.53. The molecule has 0 N–H and O–H groups in total. The molecule has 2 aliphatic rings. The Morgan fingerprint density at radius 3 is 3.44 bits per heavy atom. The number of thiol groups is 1. The van der Waals surface area contributed by atoms with Gasteiger partial charge in [0.25, 0.3) is 0 Å². The summed E-state index contributed by atoms with van der Waals surface area (Å²) in [4.78, 5) is 0. The molecule has 0 amide bonds. The maximum absolute atomic E-state index is 5.44. The molecule has 0 bridgehead atoms. The predicted molar refractivity (Wildman–Crippen MR) is 41.4 cm³/mol. The minimum Gasteiger partial charge on any atom is -0.360 e. The van der Waals surface area contributed by atoms with Gasteiger partial charge in [-0.2, -0.15) is 0 Å². The summed E-state index contributed by atoms with van der Waals surface area (Å²) in [7, 11) is 1.43. The van der Waals surface area contributed by atoms with Crippen LogP contribution in [0.5, 0.6) is 0 Å². The molecule has 9 heavy (non-hydrogen) atoms. The number of rotatable bonds is 0. The number of hydrogen-bond donors (Lipinski definition) is 1. The van der Waals surface area contributed by atoms with Gasteiger partial charge in [0.05, 0.1) is 13.2 Å². The zero-order chi connectivity index (χ0) is 6.10. The summed E-state index contributed by atoms with van der Waals surface area (Å²) in [5.74, 6) is 0. The van der Waals surface area contributed by atoms with Gasteiger partial charge in [0.1, 0.15) is 5.44 Å². The summed E-state index contributed by atoms with van der Waals surface area (Å²) in [6, 6.07) is 0. The van der Waals surface area contributed by atoms with Gasteiger partial charge in [-0.3, -0.25) is 0 Å². The van der Waals surface area contributed by atoms with E-state index in [4.69, 9.17) is 8.92 Å². The molecule has 2 rings (SSSR count). The van der Waals surface area contributed by atoms with Gasteiger partial charge < -0.3 is 8.92 Å². The van der Waals surface area contributed by atoms with Crippen molar-refractivity contribution in [1.82, 2.24) is 0 Å². The topological polar surface area (TPSA) is 18.5 Å². The molecule has 2 heterocycles. The van der Waals surface area contributed by atoms with E-state index in [1.807, 2.05) is 0 Å². The fourth-order valence-corrected chi connectivity index (χ4v) is 4.02. The van der Waals surface area contributed by atoms with Gasteiger partial charge in [-0.1, -0.05) is 21.0 Å². The van der Waals surface area contributed by atoms with Crippen molar-refractivity contribution in [3.8, 4) is 0 Å². The van der Waals surface area contributed by atoms with E-state index in [9.17, 15) is 0 Å². The molecule has 2 unspecified atom stereocenters. The lowest BCUT2D eigenvalue weighted by Gasteiger charge is -2.27. The number of fused-ring (bicyclic) bond motifs is 1. The minimum atomic E-state index is -0.336.